The van der Waals surface area contributed by atoms with E-state index in [0.717, 1.165) is 69.6 Å². The Bertz CT molecular complexity index is 1550. The minimum atomic E-state index is -0.633. The first-order valence-corrected chi connectivity index (χ1v) is 19.3. The first-order chi connectivity index (χ1) is 22.6. The smallest absolute Gasteiger partial charge is 0.870 e. The second kappa shape index (κ2) is 17.3. The number of hydrogen-bond acceptors (Lipinski definition) is 4. The maximum absolute atomic E-state index is 10.5. The van der Waals surface area contributed by atoms with Crippen molar-refractivity contribution in [2.24, 2.45) is 57.2 Å². The molecule has 12 atom stereocenters. The third kappa shape index (κ3) is 8.04. The third-order valence-electron chi connectivity index (χ3n) is 16.3. The van der Waals surface area contributed by atoms with E-state index in [-0.39, 0.29) is 149 Å². The minimum absolute atomic E-state index is 0. The summed E-state index contributed by atoms with van der Waals surface area (Å²) in [4.78, 5) is 7.18. The SMILES string of the molecule is [C-]#[N+]/C=C1/CC[C@H]2[C@@H]3CC=C4C[C@](C)(O)CC[C@]4([CH2-])[C@H]3CC[C@]12C.[C-]#[N+]/C=C1/CC[C@H]2[C@@H]3CCC4=C[C@](C)(O)CC[C@]4([CH2-])[C@H]3CC[C@]12C.[OH-].[OH-].[Rb+].[Rb+]. The summed E-state index contributed by atoms with van der Waals surface area (Å²) in [5.74, 6) is 4.23. The van der Waals surface area contributed by atoms with Crippen molar-refractivity contribution in [1.82, 2.24) is 0 Å². The van der Waals surface area contributed by atoms with Crippen molar-refractivity contribution >= 4 is 0 Å². The van der Waals surface area contributed by atoms with Gasteiger partial charge in [0.15, 0.2) is 12.4 Å². The van der Waals surface area contributed by atoms with E-state index in [0.29, 0.717) is 23.7 Å². The first-order valence-electron chi connectivity index (χ1n) is 19.3. The predicted octanol–water partition coefficient (Wildman–Crippen LogP) is 4.29. The van der Waals surface area contributed by atoms with Gasteiger partial charge in [-0.05, 0) is 125 Å². The van der Waals surface area contributed by atoms with Crippen LogP contribution in [-0.4, -0.2) is 32.4 Å². The average Bonchev–Trinajstić information content (AvgIpc) is 3.54. The largest absolute Gasteiger partial charge is 1.00 e. The van der Waals surface area contributed by atoms with Crippen LogP contribution in [0.1, 0.15) is 130 Å². The van der Waals surface area contributed by atoms with Gasteiger partial charge in [-0.2, -0.15) is 0 Å². The van der Waals surface area contributed by atoms with Crippen LogP contribution in [0.5, 0.6) is 0 Å². The third-order valence-corrected chi connectivity index (χ3v) is 16.3. The van der Waals surface area contributed by atoms with Gasteiger partial charge in [0.25, 0.3) is 0 Å². The first kappa shape index (κ1) is 47.8. The van der Waals surface area contributed by atoms with E-state index >= 15 is 0 Å². The fourth-order valence-electron chi connectivity index (χ4n) is 13.6. The molecule has 8 heteroatoms. The van der Waals surface area contributed by atoms with E-state index in [1.807, 2.05) is 26.2 Å². The summed E-state index contributed by atoms with van der Waals surface area (Å²) in [5.41, 5.74) is 5.10. The summed E-state index contributed by atoms with van der Waals surface area (Å²) in [5, 5.41) is 21.0. The van der Waals surface area contributed by atoms with Gasteiger partial charge in [0.2, 0.25) is 0 Å². The van der Waals surface area contributed by atoms with Crippen molar-refractivity contribution in [3.8, 4) is 0 Å². The van der Waals surface area contributed by atoms with E-state index < -0.39 is 11.2 Å². The molecule has 0 aromatic heterocycles. The van der Waals surface area contributed by atoms with Crippen molar-refractivity contribution < 1.29 is 138 Å². The summed E-state index contributed by atoms with van der Waals surface area (Å²) >= 11 is 0. The molecule has 276 valence electrons. The Kier molecular flexibility index (Phi) is 15.9. The Hall–Kier alpha value is 1.39. The predicted molar refractivity (Wildman–Crippen MR) is 197 cm³/mol. The Balaban J connectivity index is 0.000000260. The van der Waals surface area contributed by atoms with E-state index in [9.17, 15) is 10.2 Å². The zero-order valence-electron chi connectivity index (χ0n) is 33.2. The maximum atomic E-state index is 10.5. The summed E-state index contributed by atoms with van der Waals surface area (Å²) < 4.78 is 0. The van der Waals surface area contributed by atoms with Gasteiger partial charge in [-0.3, -0.25) is 0 Å². The quantitative estimate of drug-likeness (QED) is 0.280. The molecule has 0 radical (unpaired) electrons. The standard InChI is InChI=1S/2C22H30NO.2H2O.2Rb/c2*1-20(24)11-12-22(3)15(13-20)5-7-17-18-8-6-16(14-23-4)21(18,2)10-9-19(17)22;;;;/h13-14,17-19,24H,3,5-12H2,1-2H3;5,14,17-19,24H,3,6-13H2,1-2H3;2*1H2;;/q2*-1;;;2*+1/p-2/b2*16-14-;;;;/t2*17-,18-,19-,20+,21+,22-;;;;/m00..../s1. The van der Waals surface area contributed by atoms with Crippen molar-refractivity contribution in [2.75, 3.05) is 0 Å². The van der Waals surface area contributed by atoms with Gasteiger partial charge < -0.3 is 35.0 Å². The average molecular weight is 854 g/mol. The van der Waals surface area contributed by atoms with Gasteiger partial charge in [-0.15, -0.1) is 10.8 Å². The normalized spacial score (nSPS) is 48.0. The molecule has 0 heterocycles. The Labute approximate surface area is 413 Å². The molecule has 0 saturated heterocycles. The van der Waals surface area contributed by atoms with Crippen LogP contribution in [0.15, 0.2) is 46.8 Å². The number of hydrogen-bond donors (Lipinski definition) is 2. The molecule has 8 aliphatic rings. The monoisotopic (exact) mass is 852 g/mol. The molecule has 6 nitrogen and oxygen atoms in total. The molecule has 0 bridgehead atoms. The summed E-state index contributed by atoms with van der Waals surface area (Å²) in [6.07, 6.45) is 25.9. The number of allylic oxidation sites excluding steroid dienone is 4. The number of nitrogens with zero attached hydrogens (tertiary/aromatic N) is 2. The fraction of sp³-hybridized carbons (Fsp3) is 0.727. The van der Waals surface area contributed by atoms with Gasteiger partial charge in [-0.25, -0.2) is 9.69 Å². The van der Waals surface area contributed by atoms with Crippen LogP contribution < -0.4 is 116 Å². The molecule has 8 rings (SSSR count). The van der Waals surface area contributed by atoms with Crippen LogP contribution >= 0.6 is 0 Å². The summed E-state index contributed by atoms with van der Waals surface area (Å²) in [7, 11) is 0. The van der Waals surface area contributed by atoms with E-state index in [1.165, 1.54) is 67.2 Å². The van der Waals surface area contributed by atoms with Crippen LogP contribution in [-0.2, 0) is 0 Å². The summed E-state index contributed by atoms with van der Waals surface area (Å²) in [6, 6.07) is 0. The topological polar surface area (TPSA) is 109 Å². The van der Waals surface area contributed by atoms with Crippen LogP contribution in [0.4, 0.5) is 0 Å². The van der Waals surface area contributed by atoms with E-state index in [1.54, 1.807) is 0 Å². The molecule has 6 fully saturated rings. The second-order valence-corrected chi connectivity index (χ2v) is 18.8. The Morgan fingerprint density at radius 2 is 1.15 bits per heavy atom. The fourth-order valence-corrected chi connectivity index (χ4v) is 13.6. The van der Waals surface area contributed by atoms with Crippen molar-refractivity contribution in [2.45, 2.75) is 142 Å². The molecule has 0 aromatic rings. The molecule has 0 aliphatic heterocycles. The van der Waals surface area contributed by atoms with Crippen molar-refractivity contribution in [3.63, 3.8) is 0 Å². The van der Waals surface area contributed by atoms with E-state index in [4.69, 9.17) is 27.0 Å². The van der Waals surface area contributed by atoms with Gasteiger partial charge in [0.1, 0.15) is 0 Å². The molecule has 4 N–H and O–H groups in total. The van der Waals surface area contributed by atoms with Gasteiger partial charge >= 0.3 is 116 Å². The second-order valence-electron chi connectivity index (χ2n) is 18.8. The minimum Gasteiger partial charge on any atom is -0.870 e. The molecule has 6 saturated carbocycles. The van der Waals surface area contributed by atoms with Gasteiger partial charge in [0, 0.05) is 0 Å². The molecular weight excluding hydrogens is 791 g/mol. The van der Waals surface area contributed by atoms with Gasteiger partial charge in [-0.1, -0.05) is 85.8 Å². The van der Waals surface area contributed by atoms with Crippen molar-refractivity contribution in [3.05, 3.63) is 83.5 Å². The van der Waals surface area contributed by atoms with Crippen molar-refractivity contribution in [1.29, 1.82) is 0 Å². The molecule has 0 aromatic carbocycles. The molecule has 0 amide bonds. The molecular formula is C44H62N2O4Rb2-2. The molecule has 0 spiro atoms. The summed E-state index contributed by atoms with van der Waals surface area (Å²) in [6.45, 7) is 32.7. The van der Waals surface area contributed by atoms with Crippen LogP contribution in [0, 0.1) is 84.2 Å². The number of aliphatic hydroxyl groups is 2. The van der Waals surface area contributed by atoms with Crippen LogP contribution in [0.25, 0.3) is 9.69 Å². The number of rotatable bonds is 0. The Morgan fingerprint density at radius 1 is 0.654 bits per heavy atom. The molecule has 0 unspecified atom stereocenters. The molecule has 52 heavy (non-hydrogen) atoms. The number of fused-ring (bicyclic) bond motifs is 10. The zero-order chi connectivity index (χ0) is 34.3. The maximum Gasteiger partial charge on any atom is 1.00 e. The zero-order valence-corrected chi connectivity index (χ0v) is 43.0. The van der Waals surface area contributed by atoms with Crippen LogP contribution in [0.2, 0.25) is 0 Å². The molecule has 8 aliphatic carbocycles. The Morgan fingerprint density at radius 3 is 1.71 bits per heavy atom. The van der Waals surface area contributed by atoms with E-state index in [2.05, 4.69) is 35.7 Å². The van der Waals surface area contributed by atoms with Gasteiger partial charge in [0.05, 0.1) is 24.3 Å². The van der Waals surface area contributed by atoms with Crippen LogP contribution in [0.3, 0.4) is 0 Å².